The van der Waals surface area contributed by atoms with E-state index in [-0.39, 0.29) is 10.9 Å². The molecule has 1 fully saturated rings. The molecule has 1 saturated carbocycles. The summed E-state index contributed by atoms with van der Waals surface area (Å²) in [6.45, 7) is 0. The van der Waals surface area contributed by atoms with Gasteiger partial charge >= 0.3 is 0 Å². The molecule has 1 aromatic rings. The van der Waals surface area contributed by atoms with Gasteiger partial charge in [0, 0.05) is 11.5 Å². The Hall–Kier alpha value is -0.140. The van der Waals surface area contributed by atoms with Crippen LogP contribution < -0.4 is 0 Å². The van der Waals surface area contributed by atoms with Crippen molar-refractivity contribution in [2.24, 2.45) is 0 Å². The van der Waals surface area contributed by atoms with E-state index in [0.29, 0.717) is 22.3 Å². The highest BCUT2D eigenvalue weighted by molar-refractivity contribution is 9.10. The van der Waals surface area contributed by atoms with Crippen molar-refractivity contribution in [3.63, 3.8) is 0 Å². The lowest BCUT2D eigenvalue weighted by atomic mass is 9.93. The van der Waals surface area contributed by atoms with Gasteiger partial charge in [-0.05, 0) is 47.0 Å². The van der Waals surface area contributed by atoms with E-state index in [4.69, 9.17) is 11.6 Å². The molecule has 0 aromatic heterocycles. The van der Waals surface area contributed by atoms with E-state index in [9.17, 15) is 13.5 Å². The van der Waals surface area contributed by atoms with Gasteiger partial charge in [0.25, 0.3) is 0 Å². The number of nitrogens with zero attached hydrogens (tertiary/aromatic N) is 1. The minimum atomic E-state index is -3.63. The van der Waals surface area contributed by atoms with E-state index in [1.807, 2.05) is 0 Å². The van der Waals surface area contributed by atoms with E-state index in [0.717, 1.165) is 12.8 Å². The van der Waals surface area contributed by atoms with Crippen LogP contribution >= 0.6 is 27.5 Å². The smallest absolute Gasteiger partial charge is 0.243 e. The highest BCUT2D eigenvalue weighted by Gasteiger charge is 2.34. The molecular weight excluding hydrogens is 366 g/mol. The number of aliphatic hydroxyl groups excluding tert-OH is 1. The zero-order chi connectivity index (χ0) is 14.9. The Balaban J connectivity index is 2.31. The number of likely N-dealkylation sites (N-methyl/N-ethyl adjacent to an activating group) is 1. The molecule has 1 aliphatic rings. The Morgan fingerprint density at radius 2 is 2.00 bits per heavy atom. The van der Waals surface area contributed by atoms with Crippen LogP contribution in [0.5, 0.6) is 0 Å². The lowest BCUT2D eigenvalue weighted by Crippen LogP contribution is -2.46. The summed E-state index contributed by atoms with van der Waals surface area (Å²) in [6.07, 6.45) is 2.61. The zero-order valence-electron chi connectivity index (χ0n) is 11.1. The fourth-order valence-corrected chi connectivity index (χ4v) is 4.59. The van der Waals surface area contributed by atoms with E-state index < -0.39 is 16.1 Å². The Morgan fingerprint density at radius 3 is 2.60 bits per heavy atom. The maximum Gasteiger partial charge on any atom is 0.243 e. The number of sulfonamides is 1. The Bertz CT molecular complexity index is 593. The third-order valence-electron chi connectivity index (χ3n) is 3.73. The molecule has 2 unspecified atom stereocenters. The van der Waals surface area contributed by atoms with Gasteiger partial charge in [0.1, 0.15) is 0 Å². The van der Waals surface area contributed by atoms with Gasteiger partial charge in [0.15, 0.2) is 0 Å². The molecule has 0 bridgehead atoms. The van der Waals surface area contributed by atoms with Crippen molar-refractivity contribution in [2.75, 3.05) is 7.05 Å². The van der Waals surface area contributed by atoms with Crippen LogP contribution in [0, 0.1) is 0 Å². The van der Waals surface area contributed by atoms with E-state index >= 15 is 0 Å². The van der Waals surface area contributed by atoms with Crippen molar-refractivity contribution in [1.82, 2.24) is 4.31 Å². The zero-order valence-corrected chi connectivity index (χ0v) is 14.2. The molecule has 7 heteroatoms. The number of rotatable bonds is 3. The summed E-state index contributed by atoms with van der Waals surface area (Å²) in [6, 6.07) is 4.16. The van der Waals surface area contributed by atoms with E-state index in [2.05, 4.69) is 15.9 Å². The summed E-state index contributed by atoms with van der Waals surface area (Å²) in [5.41, 5.74) is 0. The summed E-state index contributed by atoms with van der Waals surface area (Å²) in [4.78, 5) is 0.175. The maximum absolute atomic E-state index is 12.6. The molecule has 1 N–H and O–H groups in total. The molecule has 0 spiro atoms. The van der Waals surface area contributed by atoms with Crippen LogP contribution in [-0.2, 0) is 10.0 Å². The third-order valence-corrected chi connectivity index (χ3v) is 6.82. The van der Waals surface area contributed by atoms with Crippen molar-refractivity contribution in [3.05, 3.63) is 27.7 Å². The summed E-state index contributed by atoms with van der Waals surface area (Å²) < 4.78 is 27.0. The second-order valence-electron chi connectivity index (χ2n) is 5.02. The monoisotopic (exact) mass is 381 g/mol. The van der Waals surface area contributed by atoms with Crippen molar-refractivity contribution in [1.29, 1.82) is 0 Å². The van der Waals surface area contributed by atoms with Crippen molar-refractivity contribution in [3.8, 4) is 0 Å². The molecule has 20 heavy (non-hydrogen) atoms. The van der Waals surface area contributed by atoms with E-state index in [1.165, 1.54) is 23.5 Å². The van der Waals surface area contributed by atoms with E-state index in [1.54, 1.807) is 6.07 Å². The minimum Gasteiger partial charge on any atom is -0.391 e. The standard InChI is InChI=1S/C13H17BrClNO3S/c1-16(12-4-2-3-5-13(12)17)20(18,19)9-6-7-11(15)10(14)8-9/h6-8,12-13,17H,2-5H2,1H3. The fraction of sp³-hybridized carbons (Fsp3) is 0.538. The molecule has 1 aliphatic carbocycles. The van der Waals surface area contributed by atoms with Gasteiger partial charge in [0.05, 0.1) is 22.1 Å². The SMILES string of the molecule is CN(C1CCCCC1O)S(=O)(=O)c1ccc(Cl)c(Br)c1. The van der Waals surface area contributed by atoms with Crippen LogP contribution in [0.25, 0.3) is 0 Å². The first-order valence-corrected chi connectivity index (χ1v) is 9.06. The summed E-state index contributed by atoms with van der Waals surface area (Å²) in [5, 5.41) is 10.5. The summed E-state index contributed by atoms with van der Waals surface area (Å²) in [5.74, 6) is 0. The molecular formula is C13H17BrClNO3S. The van der Waals surface area contributed by atoms with Crippen LogP contribution in [0.2, 0.25) is 5.02 Å². The van der Waals surface area contributed by atoms with Gasteiger partial charge in [0.2, 0.25) is 10.0 Å². The number of halogens is 2. The number of benzene rings is 1. The first-order chi connectivity index (χ1) is 9.34. The van der Waals surface area contributed by atoms with Crippen LogP contribution in [0.4, 0.5) is 0 Å². The molecule has 1 aromatic carbocycles. The first-order valence-electron chi connectivity index (χ1n) is 6.45. The highest BCUT2D eigenvalue weighted by atomic mass is 79.9. The lowest BCUT2D eigenvalue weighted by Gasteiger charge is -2.34. The average Bonchev–Trinajstić information content (AvgIpc) is 2.41. The minimum absolute atomic E-state index is 0.175. The third kappa shape index (κ3) is 3.20. The Morgan fingerprint density at radius 1 is 1.35 bits per heavy atom. The number of hydrogen-bond acceptors (Lipinski definition) is 3. The number of aliphatic hydroxyl groups is 1. The van der Waals surface area contributed by atoms with Gasteiger partial charge in [-0.25, -0.2) is 8.42 Å². The summed E-state index contributed by atoms with van der Waals surface area (Å²) in [7, 11) is -2.10. The predicted octanol–water partition coefficient (Wildman–Crippen LogP) is 3.03. The van der Waals surface area contributed by atoms with Gasteiger partial charge in [-0.1, -0.05) is 24.4 Å². The van der Waals surface area contributed by atoms with Crippen LogP contribution in [-0.4, -0.2) is 37.0 Å². The van der Waals surface area contributed by atoms with Gasteiger partial charge in [-0.3, -0.25) is 0 Å². The van der Waals surface area contributed by atoms with Gasteiger partial charge in [-0.2, -0.15) is 4.31 Å². The molecule has 0 aliphatic heterocycles. The van der Waals surface area contributed by atoms with Crippen molar-refractivity contribution >= 4 is 37.6 Å². The van der Waals surface area contributed by atoms with Crippen molar-refractivity contribution < 1.29 is 13.5 Å². The highest BCUT2D eigenvalue weighted by Crippen LogP contribution is 2.30. The van der Waals surface area contributed by atoms with Crippen LogP contribution in [0.1, 0.15) is 25.7 Å². The molecule has 0 amide bonds. The quantitative estimate of drug-likeness (QED) is 0.874. The van der Waals surface area contributed by atoms with Crippen molar-refractivity contribution in [2.45, 2.75) is 42.7 Å². The fourth-order valence-electron chi connectivity index (χ4n) is 2.50. The predicted molar refractivity (Wildman–Crippen MR) is 82.4 cm³/mol. The second kappa shape index (κ2) is 6.32. The Kier molecular flexibility index (Phi) is 5.13. The molecule has 2 atom stereocenters. The van der Waals surface area contributed by atoms with Gasteiger partial charge < -0.3 is 5.11 Å². The van der Waals surface area contributed by atoms with Crippen LogP contribution in [0.15, 0.2) is 27.6 Å². The first kappa shape index (κ1) is 16.2. The van der Waals surface area contributed by atoms with Crippen LogP contribution in [0.3, 0.4) is 0 Å². The average molecular weight is 383 g/mol. The molecule has 0 heterocycles. The topological polar surface area (TPSA) is 57.6 Å². The largest absolute Gasteiger partial charge is 0.391 e. The number of hydrogen-bond donors (Lipinski definition) is 1. The Labute approximate surface area is 132 Å². The molecule has 0 saturated heterocycles. The second-order valence-corrected chi connectivity index (χ2v) is 8.28. The van der Waals surface area contributed by atoms with Gasteiger partial charge in [-0.15, -0.1) is 0 Å². The molecule has 2 rings (SSSR count). The molecule has 4 nitrogen and oxygen atoms in total. The lowest BCUT2D eigenvalue weighted by molar-refractivity contribution is 0.0638. The summed E-state index contributed by atoms with van der Waals surface area (Å²) >= 11 is 9.12. The molecule has 112 valence electrons. The normalized spacial score (nSPS) is 24.1. The molecule has 0 radical (unpaired) electrons. The maximum atomic E-state index is 12.6.